The number of amides is 1. The fourth-order valence-electron chi connectivity index (χ4n) is 2.43. The van der Waals surface area contributed by atoms with E-state index in [9.17, 15) is 4.79 Å². The highest BCUT2D eigenvalue weighted by atomic mass is 35.5. The molecule has 0 radical (unpaired) electrons. The summed E-state index contributed by atoms with van der Waals surface area (Å²) in [7, 11) is 0. The second-order valence-electron chi connectivity index (χ2n) is 5.72. The maximum atomic E-state index is 12.4. The van der Waals surface area contributed by atoms with E-state index in [2.05, 4.69) is 20.4 Å². The van der Waals surface area contributed by atoms with E-state index >= 15 is 0 Å². The predicted octanol–water partition coefficient (Wildman–Crippen LogP) is 5.07. The third kappa shape index (κ3) is 3.89. The minimum absolute atomic E-state index is 0.236. The Labute approximate surface area is 163 Å². The number of hydrogen-bond donors (Lipinski definition) is 1. The van der Waals surface area contributed by atoms with Gasteiger partial charge in [-0.1, -0.05) is 28.9 Å². The first kappa shape index (κ1) is 17.4. The molecule has 4 aromatic rings. The molecule has 0 atom stereocenters. The van der Waals surface area contributed by atoms with Gasteiger partial charge in [-0.2, -0.15) is 4.98 Å². The molecule has 0 aliphatic carbocycles. The van der Waals surface area contributed by atoms with Crippen molar-refractivity contribution >= 4 is 34.0 Å². The molecule has 0 bridgehead atoms. The lowest BCUT2D eigenvalue weighted by atomic mass is 10.1. The lowest BCUT2D eigenvalue weighted by Gasteiger charge is -2.02. The minimum Gasteiger partial charge on any atom is -0.334 e. The molecule has 8 heteroatoms. The first-order chi connectivity index (χ1) is 13.1. The van der Waals surface area contributed by atoms with Crippen molar-refractivity contribution in [2.45, 2.75) is 6.92 Å². The third-order valence-electron chi connectivity index (χ3n) is 3.79. The van der Waals surface area contributed by atoms with Crippen molar-refractivity contribution < 1.29 is 9.32 Å². The van der Waals surface area contributed by atoms with Crippen molar-refractivity contribution in [3.8, 4) is 22.7 Å². The number of carbonyl (C=O) groups is 1. The van der Waals surface area contributed by atoms with Gasteiger partial charge in [0.15, 0.2) is 11.0 Å². The van der Waals surface area contributed by atoms with Crippen molar-refractivity contribution in [1.29, 1.82) is 0 Å². The monoisotopic (exact) mass is 396 g/mol. The molecule has 0 saturated heterocycles. The zero-order chi connectivity index (χ0) is 18.8. The molecule has 2 aromatic carbocycles. The van der Waals surface area contributed by atoms with Gasteiger partial charge in [0, 0.05) is 27.1 Å². The Balaban J connectivity index is 1.47. The molecule has 1 N–H and O–H groups in total. The van der Waals surface area contributed by atoms with Gasteiger partial charge in [0.05, 0.1) is 5.69 Å². The number of halogens is 1. The molecule has 0 spiro atoms. The van der Waals surface area contributed by atoms with E-state index in [1.54, 1.807) is 43.3 Å². The van der Waals surface area contributed by atoms with Crippen LogP contribution in [0.15, 0.2) is 58.4 Å². The van der Waals surface area contributed by atoms with Gasteiger partial charge < -0.3 is 4.52 Å². The van der Waals surface area contributed by atoms with Gasteiger partial charge in [0.2, 0.25) is 0 Å². The molecule has 2 heterocycles. The lowest BCUT2D eigenvalue weighted by molar-refractivity contribution is 0.102. The molecule has 0 aliphatic rings. The van der Waals surface area contributed by atoms with Crippen LogP contribution in [0.3, 0.4) is 0 Å². The highest BCUT2D eigenvalue weighted by Crippen LogP contribution is 2.26. The molecular weight excluding hydrogens is 384 g/mol. The fourth-order valence-corrected chi connectivity index (χ4v) is 3.27. The van der Waals surface area contributed by atoms with Crippen LogP contribution < -0.4 is 5.32 Å². The number of aromatic nitrogens is 3. The van der Waals surface area contributed by atoms with Crippen LogP contribution in [0.4, 0.5) is 5.13 Å². The molecule has 4 rings (SSSR count). The van der Waals surface area contributed by atoms with Crippen molar-refractivity contribution in [2.24, 2.45) is 0 Å². The molecule has 134 valence electrons. The number of rotatable bonds is 4. The summed E-state index contributed by atoms with van der Waals surface area (Å²) in [6, 6.07) is 14.3. The van der Waals surface area contributed by atoms with Crippen LogP contribution in [0, 0.1) is 6.92 Å². The standard InChI is InChI=1S/C19H13ClN4O2S/c1-11-21-18(26-24-11)14-4-2-13(3-5-14)17(25)23-19-22-16(10-27-19)12-6-8-15(20)9-7-12/h2-10H,1H3,(H,22,23,25). The Morgan fingerprint density at radius 2 is 1.74 bits per heavy atom. The number of nitrogens with zero attached hydrogens (tertiary/aromatic N) is 3. The zero-order valence-electron chi connectivity index (χ0n) is 14.1. The van der Waals surface area contributed by atoms with Crippen LogP contribution in [-0.2, 0) is 0 Å². The maximum Gasteiger partial charge on any atom is 0.257 e. The maximum absolute atomic E-state index is 12.4. The van der Waals surface area contributed by atoms with Crippen LogP contribution in [0.5, 0.6) is 0 Å². The number of thiazole rings is 1. The van der Waals surface area contributed by atoms with Gasteiger partial charge in [-0.05, 0) is 43.3 Å². The summed E-state index contributed by atoms with van der Waals surface area (Å²) in [5.41, 5.74) is 2.99. The van der Waals surface area contributed by atoms with Crippen LogP contribution in [0.25, 0.3) is 22.7 Å². The summed E-state index contributed by atoms with van der Waals surface area (Å²) in [4.78, 5) is 21.1. The fraction of sp³-hybridized carbons (Fsp3) is 0.0526. The molecule has 0 unspecified atom stereocenters. The Bertz CT molecular complexity index is 1090. The number of hydrogen-bond acceptors (Lipinski definition) is 6. The molecule has 1 amide bonds. The number of benzene rings is 2. The number of carbonyl (C=O) groups excluding carboxylic acids is 1. The van der Waals surface area contributed by atoms with E-state index in [1.807, 2.05) is 17.5 Å². The average molecular weight is 397 g/mol. The first-order valence-electron chi connectivity index (χ1n) is 8.02. The Morgan fingerprint density at radius 3 is 2.41 bits per heavy atom. The second-order valence-corrected chi connectivity index (χ2v) is 7.02. The topological polar surface area (TPSA) is 80.9 Å². The SMILES string of the molecule is Cc1noc(-c2ccc(C(=O)Nc3nc(-c4ccc(Cl)cc4)cs3)cc2)n1. The first-order valence-corrected chi connectivity index (χ1v) is 9.28. The molecule has 27 heavy (non-hydrogen) atoms. The molecule has 0 fully saturated rings. The minimum atomic E-state index is -0.236. The van der Waals surface area contributed by atoms with Crippen molar-refractivity contribution in [3.63, 3.8) is 0 Å². The van der Waals surface area contributed by atoms with Gasteiger partial charge >= 0.3 is 0 Å². The van der Waals surface area contributed by atoms with E-state index in [-0.39, 0.29) is 5.91 Å². The third-order valence-corrected chi connectivity index (χ3v) is 4.80. The Hall–Kier alpha value is -3.03. The Morgan fingerprint density at radius 1 is 1.04 bits per heavy atom. The van der Waals surface area contributed by atoms with Crippen LogP contribution in [0.2, 0.25) is 5.02 Å². The van der Waals surface area contributed by atoms with Gasteiger partial charge in [0.1, 0.15) is 0 Å². The second kappa shape index (κ2) is 7.30. The lowest BCUT2D eigenvalue weighted by Crippen LogP contribution is -2.11. The van der Waals surface area contributed by atoms with Crippen molar-refractivity contribution in [3.05, 3.63) is 70.3 Å². The van der Waals surface area contributed by atoms with E-state index in [4.69, 9.17) is 16.1 Å². The van der Waals surface area contributed by atoms with Gasteiger partial charge in [-0.3, -0.25) is 10.1 Å². The molecule has 6 nitrogen and oxygen atoms in total. The van der Waals surface area contributed by atoms with Gasteiger partial charge in [-0.25, -0.2) is 4.98 Å². The van der Waals surface area contributed by atoms with E-state index in [0.717, 1.165) is 16.8 Å². The summed E-state index contributed by atoms with van der Waals surface area (Å²) >= 11 is 7.27. The number of nitrogens with one attached hydrogen (secondary N) is 1. The van der Waals surface area contributed by atoms with Crippen LogP contribution in [-0.4, -0.2) is 21.0 Å². The van der Waals surface area contributed by atoms with E-state index in [0.29, 0.717) is 27.4 Å². The molecule has 0 aliphatic heterocycles. The largest absolute Gasteiger partial charge is 0.334 e. The predicted molar refractivity (Wildman–Crippen MR) is 105 cm³/mol. The molecule has 2 aromatic heterocycles. The van der Waals surface area contributed by atoms with Gasteiger partial charge in [0.25, 0.3) is 11.8 Å². The summed E-state index contributed by atoms with van der Waals surface area (Å²) in [6.07, 6.45) is 0. The summed E-state index contributed by atoms with van der Waals surface area (Å²) in [6.45, 7) is 1.75. The smallest absolute Gasteiger partial charge is 0.257 e. The summed E-state index contributed by atoms with van der Waals surface area (Å²) in [5, 5.41) is 9.66. The quantitative estimate of drug-likeness (QED) is 0.520. The van der Waals surface area contributed by atoms with Crippen LogP contribution in [0.1, 0.15) is 16.2 Å². The molecule has 0 saturated carbocycles. The van der Waals surface area contributed by atoms with E-state index < -0.39 is 0 Å². The summed E-state index contributed by atoms with van der Waals surface area (Å²) in [5.74, 6) is 0.749. The van der Waals surface area contributed by atoms with E-state index in [1.165, 1.54) is 11.3 Å². The highest BCUT2D eigenvalue weighted by molar-refractivity contribution is 7.14. The molecular formula is C19H13ClN4O2S. The van der Waals surface area contributed by atoms with Crippen molar-refractivity contribution in [2.75, 3.05) is 5.32 Å². The zero-order valence-corrected chi connectivity index (χ0v) is 15.7. The normalized spacial score (nSPS) is 10.7. The number of aryl methyl sites for hydroxylation is 1. The summed E-state index contributed by atoms with van der Waals surface area (Å²) < 4.78 is 5.12. The highest BCUT2D eigenvalue weighted by Gasteiger charge is 2.12. The number of anilines is 1. The van der Waals surface area contributed by atoms with Crippen molar-refractivity contribution in [1.82, 2.24) is 15.1 Å². The van der Waals surface area contributed by atoms with Crippen LogP contribution >= 0.6 is 22.9 Å². The van der Waals surface area contributed by atoms with Gasteiger partial charge in [-0.15, -0.1) is 11.3 Å². The Kier molecular flexibility index (Phi) is 4.70. The average Bonchev–Trinajstić information content (AvgIpc) is 3.32.